The van der Waals surface area contributed by atoms with Gasteiger partial charge in [-0.25, -0.2) is 9.59 Å². The van der Waals surface area contributed by atoms with Gasteiger partial charge in [0.15, 0.2) is 0 Å². The first-order chi connectivity index (χ1) is 10.2. The first kappa shape index (κ1) is 17.8. The Hall–Kier alpha value is -2.30. The molecule has 0 saturated carbocycles. The maximum absolute atomic E-state index is 11.8. The molecule has 0 aliphatic carbocycles. The van der Waals surface area contributed by atoms with Crippen molar-refractivity contribution in [2.45, 2.75) is 39.3 Å². The second-order valence-electron chi connectivity index (χ2n) is 5.92. The van der Waals surface area contributed by atoms with Crippen molar-refractivity contribution in [1.29, 1.82) is 0 Å². The van der Waals surface area contributed by atoms with E-state index in [2.05, 4.69) is 5.32 Å². The number of benzene rings is 1. The third-order valence-electron chi connectivity index (χ3n) is 2.69. The van der Waals surface area contributed by atoms with Crippen LogP contribution in [0.4, 0.5) is 4.79 Å². The number of amides is 1. The minimum absolute atomic E-state index is 0.561. The molecule has 0 heterocycles. The Bertz CT molecular complexity index is 541. The largest absolute Gasteiger partial charge is 0.467 e. The molecule has 0 fully saturated rings. The van der Waals surface area contributed by atoms with Crippen LogP contribution in [0.25, 0.3) is 6.08 Å². The Morgan fingerprint density at radius 2 is 1.77 bits per heavy atom. The first-order valence-electron chi connectivity index (χ1n) is 7.03. The summed E-state index contributed by atoms with van der Waals surface area (Å²) in [6.45, 7) is 7.25. The second kappa shape index (κ2) is 7.64. The van der Waals surface area contributed by atoms with Crippen molar-refractivity contribution in [3.8, 4) is 0 Å². The molecule has 0 aliphatic heterocycles. The van der Waals surface area contributed by atoms with Crippen LogP contribution in [0.15, 0.2) is 30.3 Å². The maximum atomic E-state index is 11.8. The number of carbonyl (C=O) groups excluding carboxylic acids is 2. The van der Waals surface area contributed by atoms with Gasteiger partial charge < -0.3 is 14.8 Å². The molecule has 1 aromatic rings. The van der Waals surface area contributed by atoms with Crippen LogP contribution >= 0.6 is 0 Å². The molecule has 22 heavy (non-hydrogen) atoms. The molecule has 5 heteroatoms. The van der Waals surface area contributed by atoms with Gasteiger partial charge in [-0.2, -0.15) is 0 Å². The molecule has 0 aliphatic rings. The van der Waals surface area contributed by atoms with Gasteiger partial charge in [-0.05, 0) is 33.3 Å². The van der Waals surface area contributed by atoms with Gasteiger partial charge in [0.1, 0.15) is 11.6 Å². The quantitative estimate of drug-likeness (QED) is 0.868. The van der Waals surface area contributed by atoms with Gasteiger partial charge in [-0.3, -0.25) is 0 Å². The Morgan fingerprint density at radius 3 is 2.27 bits per heavy atom. The fraction of sp³-hybridized carbons (Fsp3) is 0.412. The predicted molar refractivity (Wildman–Crippen MR) is 85.4 cm³/mol. The Kier molecular flexibility index (Phi) is 6.16. The van der Waals surface area contributed by atoms with Gasteiger partial charge in [0.2, 0.25) is 0 Å². The zero-order valence-electron chi connectivity index (χ0n) is 13.7. The number of methoxy groups -OCH3 is 1. The lowest BCUT2D eigenvalue weighted by molar-refractivity contribution is -0.141. The Morgan fingerprint density at radius 1 is 1.18 bits per heavy atom. The van der Waals surface area contributed by atoms with Crippen LogP contribution in [0.1, 0.15) is 31.9 Å². The van der Waals surface area contributed by atoms with E-state index in [0.717, 1.165) is 11.1 Å². The van der Waals surface area contributed by atoms with Gasteiger partial charge in [0.25, 0.3) is 0 Å². The summed E-state index contributed by atoms with van der Waals surface area (Å²) in [5.74, 6) is -0.561. The van der Waals surface area contributed by atoms with E-state index in [9.17, 15) is 9.59 Å². The summed E-state index contributed by atoms with van der Waals surface area (Å²) in [4.78, 5) is 23.5. The number of nitrogens with one attached hydrogen (secondary N) is 1. The molecule has 0 saturated heterocycles. The minimum Gasteiger partial charge on any atom is -0.467 e. The van der Waals surface area contributed by atoms with E-state index in [-0.39, 0.29) is 0 Å². The van der Waals surface area contributed by atoms with Gasteiger partial charge in [0.05, 0.1) is 7.11 Å². The SMILES string of the molecule is COC(=O)C(C=Cc1ccc(C)cc1)NC(=O)OC(C)(C)C. The summed E-state index contributed by atoms with van der Waals surface area (Å²) in [6.07, 6.45) is 2.65. The topological polar surface area (TPSA) is 64.6 Å². The van der Waals surface area contributed by atoms with E-state index in [4.69, 9.17) is 9.47 Å². The highest BCUT2D eigenvalue weighted by Gasteiger charge is 2.22. The fourth-order valence-electron chi connectivity index (χ4n) is 1.63. The molecule has 5 nitrogen and oxygen atoms in total. The highest BCUT2D eigenvalue weighted by atomic mass is 16.6. The van der Waals surface area contributed by atoms with E-state index in [0.29, 0.717) is 0 Å². The van der Waals surface area contributed by atoms with E-state index >= 15 is 0 Å². The van der Waals surface area contributed by atoms with Crippen molar-refractivity contribution in [1.82, 2.24) is 5.32 Å². The third kappa shape index (κ3) is 6.43. The second-order valence-corrected chi connectivity index (χ2v) is 5.92. The average Bonchev–Trinajstić information content (AvgIpc) is 2.42. The Labute approximate surface area is 131 Å². The van der Waals surface area contributed by atoms with Gasteiger partial charge >= 0.3 is 12.1 Å². The zero-order valence-corrected chi connectivity index (χ0v) is 13.7. The van der Waals surface area contributed by atoms with Crippen molar-refractivity contribution in [3.05, 3.63) is 41.5 Å². The highest BCUT2D eigenvalue weighted by Crippen LogP contribution is 2.09. The summed E-state index contributed by atoms with van der Waals surface area (Å²) in [7, 11) is 1.27. The molecule has 1 amide bonds. The number of carbonyl (C=O) groups is 2. The number of alkyl carbamates (subject to hydrolysis) is 1. The molecule has 1 atom stereocenters. The standard InChI is InChI=1S/C17H23NO4/c1-12-6-8-13(9-7-12)10-11-14(15(19)21-5)18-16(20)22-17(2,3)4/h6-11,14H,1-5H3,(H,18,20). The third-order valence-corrected chi connectivity index (χ3v) is 2.69. The number of hydrogen-bond acceptors (Lipinski definition) is 4. The molecule has 1 rings (SSSR count). The van der Waals surface area contributed by atoms with Crippen molar-refractivity contribution in [3.63, 3.8) is 0 Å². The van der Waals surface area contributed by atoms with E-state index in [1.165, 1.54) is 7.11 Å². The molecule has 1 aromatic carbocycles. The zero-order chi connectivity index (χ0) is 16.8. The molecular formula is C17H23NO4. The summed E-state index contributed by atoms with van der Waals surface area (Å²) in [5, 5.41) is 2.48. The lowest BCUT2D eigenvalue weighted by atomic mass is 10.1. The minimum atomic E-state index is -0.902. The average molecular weight is 305 g/mol. The highest BCUT2D eigenvalue weighted by molar-refractivity contribution is 5.84. The summed E-state index contributed by atoms with van der Waals surface area (Å²) < 4.78 is 9.83. The van der Waals surface area contributed by atoms with Crippen LogP contribution in [0.3, 0.4) is 0 Å². The lowest BCUT2D eigenvalue weighted by Crippen LogP contribution is -2.42. The number of hydrogen-bond donors (Lipinski definition) is 1. The number of ether oxygens (including phenoxy) is 2. The first-order valence-corrected chi connectivity index (χ1v) is 7.03. The monoisotopic (exact) mass is 305 g/mol. The maximum Gasteiger partial charge on any atom is 0.408 e. The van der Waals surface area contributed by atoms with Crippen LogP contribution in [-0.2, 0) is 14.3 Å². The summed E-state index contributed by atoms with van der Waals surface area (Å²) in [6, 6.07) is 6.88. The smallest absolute Gasteiger partial charge is 0.408 e. The van der Waals surface area contributed by atoms with Gasteiger partial charge in [-0.15, -0.1) is 0 Å². The van der Waals surface area contributed by atoms with Crippen LogP contribution in [-0.4, -0.2) is 30.8 Å². The van der Waals surface area contributed by atoms with Crippen LogP contribution in [0, 0.1) is 6.92 Å². The van der Waals surface area contributed by atoms with Gasteiger partial charge in [-0.1, -0.05) is 42.0 Å². The molecule has 120 valence electrons. The number of rotatable bonds is 4. The van der Waals surface area contributed by atoms with Gasteiger partial charge in [0, 0.05) is 0 Å². The van der Waals surface area contributed by atoms with E-state index in [1.54, 1.807) is 32.9 Å². The van der Waals surface area contributed by atoms with Crippen molar-refractivity contribution < 1.29 is 19.1 Å². The normalized spacial score (nSPS) is 12.8. The summed E-state index contributed by atoms with van der Waals surface area (Å²) >= 11 is 0. The molecule has 0 spiro atoms. The van der Waals surface area contributed by atoms with Crippen LogP contribution in [0.2, 0.25) is 0 Å². The number of esters is 1. The predicted octanol–water partition coefficient (Wildman–Crippen LogP) is 3.07. The van der Waals surface area contributed by atoms with Crippen LogP contribution in [0.5, 0.6) is 0 Å². The molecule has 0 radical (unpaired) electrons. The molecule has 0 aromatic heterocycles. The molecular weight excluding hydrogens is 282 g/mol. The molecule has 0 bridgehead atoms. The summed E-state index contributed by atoms with van der Waals surface area (Å²) in [5.41, 5.74) is 1.44. The van der Waals surface area contributed by atoms with Crippen LogP contribution < -0.4 is 5.32 Å². The van der Waals surface area contributed by atoms with Crippen molar-refractivity contribution >= 4 is 18.1 Å². The van der Waals surface area contributed by atoms with E-state index in [1.807, 2.05) is 31.2 Å². The van der Waals surface area contributed by atoms with Crippen molar-refractivity contribution in [2.75, 3.05) is 7.11 Å². The number of aryl methyl sites for hydroxylation is 1. The van der Waals surface area contributed by atoms with E-state index < -0.39 is 23.7 Å². The van der Waals surface area contributed by atoms with Crippen molar-refractivity contribution in [2.24, 2.45) is 0 Å². The fourth-order valence-corrected chi connectivity index (χ4v) is 1.63. The molecule has 1 unspecified atom stereocenters. The Balaban J connectivity index is 2.78. The lowest BCUT2D eigenvalue weighted by Gasteiger charge is -2.21. The molecule has 1 N–H and O–H groups in total.